The van der Waals surface area contributed by atoms with Crippen LogP contribution in [0, 0.1) is 43.4 Å². The van der Waals surface area contributed by atoms with Gasteiger partial charge < -0.3 is 4.74 Å². The number of nitrogens with one attached hydrogen (secondary N) is 2. The lowest BCUT2D eigenvalue weighted by Gasteiger charge is -2.30. The van der Waals surface area contributed by atoms with Crippen molar-refractivity contribution < 1.29 is 4.74 Å². The van der Waals surface area contributed by atoms with Gasteiger partial charge in [0, 0.05) is 11.5 Å². The number of hydrogen-bond donors (Lipinski definition) is 2. The van der Waals surface area contributed by atoms with E-state index < -0.39 is 5.92 Å². The van der Waals surface area contributed by atoms with Gasteiger partial charge in [-0.1, -0.05) is 47.0 Å². The van der Waals surface area contributed by atoms with Crippen LogP contribution in [0.5, 0.6) is 5.88 Å². The number of aromatic nitrogens is 2. The van der Waals surface area contributed by atoms with E-state index in [1.807, 2.05) is 26.8 Å². The van der Waals surface area contributed by atoms with Gasteiger partial charge in [0.15, 0.2) is 0 Å². The van der Waals surface area contributed by atoms with Gasteiger partial charge in [-0.3, -0.25) is 10.5 Å². The molecule has 0 aliphatic carbocycles. The molecular formula is C22H18Cl2N4O. The number of H-pyrrole nitrogens is 1. The third-order valence-electron chi connectivity index (χ3n) is 5.30. The monoisotopic (exact) mass is 424 g/mol. The van der Waals surface area contributed by atoms with E-state index in [1.54, 1.807) is 12.1 Å². The van der Waals surface area contributed by atoms with Crippen molar-refractivity contribution in [2.45, 2.75) is 26.7 Å². The lowest BCUT2D eigenvalue weighted by molar-refractivity contribution is 0.436. The van der Waals surface area contributed by atoms with Crippen molar-refractivity contribution in [3.8, 4) is 23.2 Å². The van der Waals surface area contributed by atoms with Crippen molar-refractivity contribution >= 4 is 29.1 Å². The average Bonchev–Trinajstić information content (AvgIpc) is 3.06. The third-order valence-corrected chi connectivity index (χ3v) is 6.04. The molecule has 29 heavy (non-hydrogen) atoms. The first-order chi connectivity index (χ1) is 13.8. The van der Waals surface area contributed by atoms with Gasteiger partial charge in [0.2, 0.25) is 11.8 Å². The number of fused-ring (bicyclic) bond motifs is 1. The Morgan fingerprint density at radius 2 is 1.76 bits per heavy atom. The Kier molecular flexibility index (Phi) is 4.85. The number of aryl methyl sites for hydroxylation is 3. The fraction of sp³-hybridized carbons (Fsp3) is 0.227. The number of halogens is 2. The third kappa shape index (κ3) is 3.19. The summed E-state index contributed by atoms with van der Waals surface area (Å²) in [5, 5.41) is 26.3. The summed E-state index contributed by atoms with van der Waals surface area (Å²) in [4.78, 5) is 0. The van der Waals surface area contributed by atoms with Crippen LogP contribution in [0.3, 0.4) is 0 Å². The molecule has 1 aromatic heterocycles. The zero-order valence-electron chi connectivity index (χ0n) is 16.1. The molecule has 5 nitrogen and oxygen atoms in total. The van der Waals surface area contributed by atoms with E-state index in [0.717, 1.165) is 33.4 Å². The maximum absolute atomic E-state index is 9.89. The lowest BCUT2D eigenvalue weighted by Crippen LogP contribution is -2.31. The molecule has 3 aromatic rings. The normalized spacial score (nSPS) is 18.1. The Balaban J connectivity index is 2.00. The quantitative estimate of drug-likeness (QED) is 0.532. The number of benzene rings is 2. The number of nitriles is 1. The molecule has 1 aliphatic heterocycles. The molecule has 4 rings (SSSR count). The van der Waals surface area contributed by atoms with E-state index in [1.165, 1.54) is 0 Å². The topological polar surface area (TPSA) is 85.5 Å². The van der Waals surface area contributed by atoms with Crippen molar-refractivity contribution in [1.29, 1.82) is 10.7 Å². The summed E-state index contributed by atoms with van der Waals surface area (Å²) >= 11 is 12.3. The summed E-state index contributed by atoms with van der Waals surface area (Å²) < 4.78 is 5.61. The molecule has 146 valence electrons. The molecule has 0 saturated carbocycles. The summed E-state index contributed by atoms with van der Waals surface area (Å²) in [7, 11) is 0. The average molecular weight is 425 g/mol. The molecule has 2 aromatic carbocycles. The Bertz CT molecular complexity index is 1170. The minimum absolute atomic E-state index is 0.100. The summed E-state index contributed by atoms with van der Waals surface area (Å²) in [6, 6.07) is 11.8. The van der Waals surface area contributed by atoms with Crippen LogP contribution in [0.1, 0.15) is 33.7 Å². The molecule has 7 heteroatoms. The molecule has 2 heterocycles. The molecule has 2 N–H and O–H groups in total. The zero-order chi connectivity index (χ0) is 20.9. The van der Waals surface area contributed by atoms with Crippen LogP contribution in [0.25, 0.3) is 11.3 Å². The largest absolute Gasteiger partial charge is 0.422 e. The standard InChI is InChI=1S/C22H18Cl2N4O/c1-10-6-11(2)17(12(3)7-10)18-14(9-25)21(26)29-22-19(18)20(27-28-22)13-4-5-15(23)16(24)8-13/h4-8,14,18,26H,1-3H3,(H,27,28). The second kappa shape index (κ2) is 7.22. The fourth-order valence-electron chi connectivity index (χ4n) is 4.18. The van der Waals surface area contributed by atoms with Crippen LogP contribution < -0.4 is 4.74 Å². The number of nitrogens with zero attached hydrogens (tertiary/aromatic N) is 2. The first-order valence-corrected chi connectivity index (χ1v) is 9.84. The Morgan fingerprint density at radius 3 is 2.38 bits per heavy atom. The second-order valence-electron chi connectivity index (χ2n) is 7.31. The molecule has 0 amide bonds. The summed E-state index contributed by atoms with van der Waals surface area (Å²) in [6.07, 6.45) is 0. The van der Waals surface area contributed by atoms with Crippen molar-refractivity contribution in [2.75, 3.05) is 0 Å². The second-order valence-corrected chi connectivity index (χ2v) is 8.12. The van der Waals surface area contributed by atoms with Gasteiger partial charge in [-0.05, 0) is 49.6 Å². The Morgan fingerprint density at radius 1 is 1.07 bits per heavy atom. The van der Waals surface area contributed by atoms with Gasteiger partial charge in [0.25, 0.3) is 0 Å². The van der Waals surface area contributed by atoms with Crippen LogP contribution in [-0.4, -0.2) is 16.1 Å². The fourth-order valence-corrected chi connectivity index (χ4v) is 4.48. The summed E-state index contributed by atoms with van der Waals surface area (Å²) in [6.45, 7) is 6.10. The molecule has 1 aliphatic rings. The van der Waals surface area contributed by atoms with Crippen molar-refractivity contribution in [3.05, 3.63) is 68.2 Å². The van der Waals surface area contributed by atoms with E-state index in [-0.39, 0.29) is 11.8 Å². The van der Waals surface area contributed by atoms with Crippen molar-refractivity contribution in [3.63, 3.8) is 0 Å². The number of ether oxygens (including phenoxy) is 1. The molecule has 0 bridgehead atoms. The number of rotatable bonds is 2. The first kappa shape index (κ1) is 19.5. The van der Waals surface area contributed by atoms with Crippen LogP contribution in [0.4, 0.5) is 0 Å². The van der Waals surface area contributed by atoms with E-state index >= 15 is 0 Å². The van der Waals surface area contributed by atoms with Crippen molar-refractivity contribution in [1.82, 2.24) is 10.2 Å². The molecule has 2 atom stereocenters. The SMILES string of the molecule is Cc1cc(C)c(C2c3c(n[nH]c3-c3ccc(Cl)c(Cl)c3)OC(=N)C2C#N)c(C)c1. The lowest BCUT2D eigenvalue weighted by atomic mass is 9.75. The van der Waals surface area contributed by atoms with E-state index in [9.17, 15) is 5.26 Å². The van der Waals surface area contributed by atoms with Crippen LogP contribution in [0.2, 0.25) is 10.0 Å². The predicted octanol–water partition coefficient (Wildman–Crippen LogP) is 5.95. The predicted molar refractivity (Wildman–Crippen MR) is 114 cm³/mol. The van der Waals surface area contributed by atoms with Crippen LogP contribution in [-0.2, 0) is 0 Å². The summed E-state index contributed by atoms with van der Waals surface area (Å²) in [5.74, 6) is -0.940. The smallest absolute Gasteiger partial charge is 0.244 e. The minimum atomic E-state index is -0.762. The minimum Gasteiger partial charge on any atom is -0.422 e. The van der Waals surface area contributed by atoms with Crippen LogP contribution >= 0.6 is 23.2 Å². The number of aromatic amines is 1. The number of hydrogen-bond acceptors (Lipinski definition) is 4. The zero-order valence-corrected chi connectivity index (χ0v) is 17.6. The highest BCUT2D eigenvalue weighted by Crippen LogP contribution is 2.47. The van der Waals surface area contributed by atoms with Crippen LogP contribution in [0.15, 0.2) is 30.3 Å². The molecule has 0 fully saturated rings. The Hall–Kier alpha value is -2.81. The molecule has 0 radical (unpaired) electrons. The van der Waals surface area contributed by atoms with Gasteiger partial charge in [-0.15, -0.1) is 5.10 Å². The molecular weight excluding hydrogens is 407 g/mol. The van der Waals surface area contributed by atoms with Gasteiger partial charge in [-0.25, -0.2) is 0 Å². The highest BCUT2D eigenvalue weighted by atomic mass is 35.5. The molecule has 0 spiro atoms. The highest BCUT2D eigenvalue weighted by Gasteiger charge is 2.42. The van der Waals surface area contributed by atoms with Gasteiger partial charge in [-0.2, -0.15) is 5.26 Å². The van der Waals surface area contributed by atoms with Crippen molar-refractivity contribution in [2.24, 2.45) is 5.92 Å². The van der Waals surface area contributed by atoms with Gasteiger partial charge in [0.1, 0.15) is 5.92 Å². The first-order valence-electron chi connectivity index (χ1n) is 9.09. The van der Waals surface area contributed by atoms with E-state index in [4.69, 9.17) is 33.3 Å². The van der Waals surface area contributed by atoms with E-state index in [2.05, 4.69) is 28.4 Å². The maximum Gasteiger partial charge on any atom is 0.244 e. The van der Waals surface area contributed by atoms with Gasteiger partial charge >= 0.3 is 0 Å². The van der Waals surface area contributed by atoms with E-state index in [0.29, 0.717) is 21.6 Å². The maximum atomic E-state index is 9.89. The molecule has 2 unspecified atom stereocenters. The molecule has 0 saturated heterocycles. The highest BCUT2D eigenvalue weighted by molar-refractivity contribution is 6.42. The Labute approximate surface area is 178 Å². The van der Waals surface area contributed by atoms with Gasteiger partial charge in [0.05, 0.1) is 27.4 Å². The summed E-state index contributed by atoms with van der Waals surface area (Å²) in [5.41, 5.74) is 6.53.